The summed E-state index contributed by atoms with van der Waals surface area (Å²) in [5.41, 5.74) is 0.377. The first-order chi connectivity index (χ1) is 9.11. The molecular formula is C14H17NO4. The Bertz CT molecular complexity index is 510. The average molecular weight is 263 g/mol. The van der Waals surface area contributed by atoms with Crippen molar-refractivity contribution >= 4 is 11.7 Å². The SMILES string of the molecule is CN(CC1(C(=O)O)CCC1)c1ccc2c(c1)OCO2. The van der Waals surface area contributed by atoms with E-state index < -0.39 is 11.4 Å². The van der Waals surface area contributed by atoms with Crippen LogP contribution in [0.5, 0.6) is 11.5 Å². The number of fused-ring (bicyclic) bond motifs is 1. The summed E-state index contributed by atoms with van der Waals surface area (Å²) >= 11 is 0. The van der Waals surface area contributed by atoms with Crippen LogP contribution in [0.15, 0.2) is 18.2 Å². The molecular weight excluding hydrogens is 246 g/mol. The minimum absolute atomic E-state index is 0.252. The Hall–Kier alpha value is -1.91. The van der Waals surface area contributed by atoms with Crippen LogP contribution >= 0.6 is 0 Å². The number of ether oxygens (including phenoxy) is 2. The molecule has 1 aromatic carbocycles. The largest absolute Gasteiger partial charge is 0.481 e. The standard InChI is InChI=1S/C14H17NO4/c1-15(8-14(13(16)17)5-2-6-14)10-3-4-11-12(7-10)19-9-18-11/h3-4,7H,2,5-6,8-9H2,1H3,(H,16,17). The molecule has 0 saturated heterocycles. The van der Waals surface area contributed by atoms with E-state index in [2.05, 4.69) is 0 Å². The number of carbonyl (C=O) groups is 1. The fraction of sp³-hybridized carbons (Fsp3) is 0.500. The summed E-state index contributed by atoms with van der Waals surface area (Å²) in [7, 11) is 1.92. The Morgan fingerprint density at radius 3 is 2.74 bits per heavy atom. The van der Waals surface area contributed by atoms with E-state index in [9.17, 15) is 9.90 Å². The molecule has 1 saturated carbocycles. The highest BCUT2D eigenvalue weighted by Gasteiger charge is 2.45. The second kappa shape index (κ2) is 4.33. The molecule has 1 heterocycles. The van der Waals surface area contributed by atoms with E-state index in [4.69, 9.17) is 9.47 Å². The molecule has 0 radical (unpaired) electrons. The zero-order valence-corrected chi connectivity index (χ0v) is 10.9. The van der Waals surface area contributed by atoms with Gasteiger partial charge in [0.05, 0.1) is 5.41 Å². The van der Waals surface area contributed by atoms with Crippen molar-refractivity contribution in [2.75, 3.05) is 25.3 Å². The zero-order chi connectivity index (χ0) is 13.5. The molecule has 0 unspecified atom stereocenters. The van der Waals surface area contributed by atoms with E-state index in [1.54, 1.807) is 0 Å². The molecule has 19 heavy (non-hydrogen) atoms. The number of anilines is 1. The molecule has 0 aromatic heterocycles. The van der Waals surface area contributed by atoms with Gasteiger partial charge in [0.1, 0.15) is 0 Å². The molecule has 0 spiro atoms. The van der Waals surface area contributed by atoms with Crippen LogP contribution in [0, 0.1) is 5.41 Å². The summed E-state index contributed by atoms with van der Waals surface area (Å²) in [6.45, 7) is 0.781. The number of hydrogen-bond donors (Lipinski definition) is 1. The van der Waals surface area contributed by atoms with Gasteiger partial charge in [-0.3, -0.25) is 4.79 Å². The van der Waals surface area contributed by atoms with Gasteiger partial charge in [-0.25, -0.2) is 0 Å². The van der Waals surface area contributed by atoms with Crippen LogP contribution in [0.2, 0.25) is 0 Å². The maximum Gasteiger partial charge on any atom is 0.311 e. The maximum absolute atomic E-state index is 11.4. The van der Waals surface area contributed by atoms with Crippen molar-refractivity contribution in [2.24, 2.45) is 5.41 Å². The minimum Gasteiger partial charge on any atom is -0.481 e. The fourth-order valence-electron chi connectivity index (χ4n) is 2.71. The van der Waals surface area contributed by atoms with E-state index >= 15 is 0 Å². The van der Waals surface area contributed by atoms with Crippen molar-refractivity contribution in [2.45, 2.75) is 19.3 Å². The average Bonchev–Trinajstić information content (AvgIpc) is 2.79. The number of carboxylic acid groups (broad SMARTS) is 1. The van der Waals surface area contributed by atoms with Crippen LogP contribution in [0.4, 0.5) is 5.69 Å². The highest BCUT2D eigenvalue weighted by molar-refractivity contribution is 5.77. The third kappa shape index (κ3) is 1.99. The van der Waals surface area contributed by atoms with Crippen LogP contribution in [0.3, 0.4) is 0 Å². The van der Waals surface area contributed by atoms with E-state index in [0.717, 1.165) is 36.4 Å². The molecule has 5 heteroatoms. The van der Waals surface area contributed by atoms with Gasteiger partial charge in [-0.15, -0.1) is 0 Å². The lowest BCUT2D eigenvalue weighted by atomic mass is 9.68. The molecule has 5 nitrogen and oxygen atoms in total. The Morgan fingerprint density at radius 2 is 2.11 bits per heavy atom. The van der Waals surface area contributed by atoms with Crippen molar-refractivity contribution in [1.82, 2.24) is 0 Å². The molecule has 1 aliphatic heterocycles. The lowest BCUT2D eigenvalue weighted by molar-refractivity contribution is -0.153. The van der Waals surface area contributed by atoms with Crippen molar-refractivity contribution in [3.63, 3.8) is 0 Å². The molecule has 0 atom stereocenters. The fourth-order valence-corrected chi connectivity index (χ4v) is 2.71. The molecule has 2 aliphatic rings. The summed E-state index contributed by atoms with van der Waals surface area (Å²) in [5.74, 6) is 0.780. The first kappa shape index (κ1) is 12.1. The summed E-state index contributed by atoms with van der Waals surface area (Å²) < 4.78 is 10.6. The lowest BCUT2D eigenvalue weighted by Gasteiger charge is -2.41. The van der Waals surface area contributed by atoms with Crippen molar-refractivity contribution in [3.05, 3.63) is 18.2 Å². The van der Waals surface area contributed by atoms with E-state index in [1.807, 2.05) is 30.1 Å². The number of aliphatic carboxylic acids is 1. The number of hydrogen-bond acceptors (Lipinski definition) is 4. The number of rotatable bonds is 4. The summed E-state index contributed by atoms with van der Waals surface area (Å²) in [6, 6.07) is 5.70. The van der Waals surface area contributed by atoms with Crippen molar-refractivity contribution in [1.29, 1.82) is 0 Å². The quantitative estimate of drug-likeness (QED) is 0.901. The third-order valence-electron chi connectivity index (χ3n) is 4.10. The van der Waals surface area contributed by atoms with E-state index in [0.29, 0.717) is 6.54 Å². The van der Waals surface area contributed by atoms with Gasteiger partial charge in [-0.05, 0) is 25.0 Å². The monoisotopic (exact) mass is 263 g/mol. The topological polar surface area (TPSA) is 59.0 Å². The number of nitrogens with zero attached hydrogens (tertiary/aromatic N) is 1. The summed E-state index contributed by atoms with van der Waals surface area (Å²) in [6.07, 6.45) is 2.52. The van der Waals surface area contributed by atoms with Gasteiger partial charge in [-0.1, -0.05) is 6.42 Å². The van der Waals surface area contributed by atoms with Crippen LogP contribution < -0.4 is 14.4 Å². The molecule has 1 aliphatic carbocycles. The number of carboxylic acids is 1. The highest BCUT2D eigenvalue weighted by Crippen LogP contribution is 2.43. The van der Waals surface area contributed by atoms with Crippen LogP contribution in [-0.4, -0.2) is 31.5 Å². The maximum atomic E-state index is 11.4. The molecule has 1 fully saturated rings. The Kier molecular flexibility index (Phi) is 2.77. The minimum atomic E-state index is -0.689. The molecule has 1 N–H and O–H groups in total. The van der Waals surface area contributed by atoms with Gasteiger partial charge < -0.3 is 19.5 Å². The van der Waals surface area contributed by atoms with Gasteiger partial charge >= 0.3 is 5.97 Å². The highest BCUT2D eigenvalue weighted by atomic mass is 16.7. The van der Waals surface area contributed by atoms with Crippen LogP contribution in [0.25, 0.3) is 0 Å². The second-order valence-electron chi connectivity index (χ2n) is 5.33. The van der Waals surface area contributed by atoms with Gasteiger partial charge in [0.15, 0.2) is 11.5 Å². The summed E-state index contributed by atoms with van der Waals surface area (Å²) in [5, 5.41) is 9.36. The van der Waals surface area contributed by atoms with Gasteiger partial charge in [0.25, 0.3) is 0 Å². The first-order valence-corrected chi connectivity index (χ1v) is 6.45. The smallest absolute Gasteiger partial charge is 0.311 e. The summed E-state index contributed by atoms with van der Waals surface area (Å²) in [4.78, 5) is 13.4. The van der Waals surface area contributed by atoms with Gasteiger partial charge in [0, 0.05) is 25.3 Å². The second-order valence-corrected chi connectivity index (χ2v) is 5.33. The van der Waals surface area contributed by atoms with Crippen molar-refractivity contribution < 1.29 is 19.4 Å². The molecule has 3 rings (SSSR count). The Balaban J connectivity index is 1.77. The molecule has 102 valence electrons. The number of benzene rings is 1. The zero-order valence-electron chi connectivity index (χ0n) is 10.9. The predicted molar refractivity (Wildman–Crippen MR) is 69.8 cm³/mol. The van der Waals surface area contributed by atoms with E-state index in [1.165, 1.54) is 0 Å². The normalized spacial score (nSPS) is 18.8. The van der Waals surface area contributed by atoms with Crippen LogP contribution in [-0.2, 0) is 4.79 Å². The third-order valence-corrected chi connectivity index (χ3v) is 4.10. The molecule has 0 amide bonds. The first-order valence-electron chi connectivity index (χ1n) is 6.45. The van der Waals surface area contributed by atoms with Gasteiger partial charge in [-0.2, -0.15) is 0 Å². The Labute approximate surface area is 111 Å². The Morgan fingerprint density at radius 1 is 1.37 bits per heavy atom. The molecule has 0 bridgehead atoms. The lowest BCUT2D eigenvalue weighted by Crippen LogP contribution is -2.46. The van der Waals surface area contributed by atoms with E-state index in [-0.39, 0.29) is 6.79 Å². The van der Waals surface area contributed by atoms with Crippen LogP contribution in [0.1, 0.15) is 19.3 Å². The molecule has 1 aromatic rings. The van der Waals surface area contributed by atoms with Gasteiger partial charge in [0.2, 0.25) is 6.79 Å². The predicted octanol–water partition coefficient (Wildman–Crippen LogP) is 2.11. The van der Waals surface area contributed by atoms with Crippen molar-refractivity contribution in [3.8, 4) is 11.5 Å².